The van der Waals surface area contributed by atoms with Crippen LogP contribution in [-0.2, 0) is 35.0 Å². The van der Waals surface area contributed by atoms with Crippen LogP contribution in [0.4, 0.5) is 0 Å². The first-order valence-electron chi connectivity index (χ1n) is 12.9. The molecule has 0 bridgehead atoms. The molecule has 0 saturated heterocycles. The maximum Gasteiger partial charge on any atom is 0.163 e. The highest BCUT2D eigenvalue weighted by atomic mass is 16.6. The fraction of sp³-hybridized carbons (Fsp3) is 0.536. The summed E-state index contributed by atoms with van der Waals surface area (Å²) in [5.74, 6) is 1.25. The summed E-state index contributed by atoms with van der Waals surface area (Å²) < 4.78 is 46.1. The Morgan fingerprint density at radius 1 is 0.605 bits per heavy atom. The van der Waals surface area contributed by atoms with Crippen LogP contribution in [0.2, 0.25) is 0 Å². The second-order valence-electron chi connectivity index (χ2n) is 8.28. The van der Waals surface area contributed by atoms with E-state index in [1.165, 1.54) is 5.56 Å². The van der Waals surface area contributed by atoms with E-state index in [9.17, 15) is 0 Å². The molecule has 0 spiro atoms. The first kappa shape index (κ1) is 29.8. The van der Waals surface area contributed by atoms with Crippen molar-refractivity contribution in [2.24, 2.45) is 0 Å². The summed E-state index contributed by atoms with van der Waals surface area (Å²) in [6.07, 6.45) is 1.84. The SMILES string of the molecule is COCCOCCOCCOc1cc2ncn(Cc3ccccc3)c2cc1OCCOCCOCCOC. The molecule has 0 atom stereocenters. The molecule has 3 aromatic rings. The average Bonchev–Trinajstić information content (AvgIpc) is 3.32. The highest BCUT2D eigenvalue weighted by molar-refractivity contribution is 5.80. The number of hydrogen-bond donors (Lipinski definition) is 0. The standard InChI is InChI=1S/C28H40N2O8/c1-31-8-10-33-12-14-35-16-18-37-27-20-25-26(30(23-29-25)22-24-6-4-3-5-7-24)21-28(27)38-19-17-36-15-13-34-11-9-32-2/h3-7,20-21,23H,8-19,22H2,1-2H3. The Morgan fingerprint density at radius 3 is 1.66 bits per heavy atom. The number of methoxy groups -OCH3 is 2. The summed E-state index contributed by atoms with van der Waals surface area (Å²) >= 11 is 0. The monoisotopic (exact) mass is 532 g/mol. The van der Waals surface area contributed by atoms with Gasteiger partial charge in [0.2, 0.25) is 0 Å². The number of benzene rings is 2. The Balaban J connectivity index is 1.54. The maximum atomic E-state index is 6.07. The molecule has 0 amide bonds. The summed E-state index contributed by atoms with van der Waals surface area (Å²) in [6, 6.07) is 14.1. The van der Waals surface area contributed by atoms with Crippen molar-refractivity contribution in [1.29, 1.82) is 0 Å². The molecule has 0 unspecified atom stereocenters. The Kier molecular flexibility index (Phi) is 14.5. The lowest BCUT2D eigenvalue weighted by Crippen LogP contribution is -2.14. The van der Waals surface area contributed by atoms with Crippen molar-refractivity contribution in [1.82, 2.24) is 9.55 Å². The minimum Gasteiger partial charge on any atom is -0.487 e. The number of nitrogens with zero attached hydrogens (tertiary/aromatic N) is 2. The van der Waals surface area contributed by atoms with Gasteiger partial charge in [0.25, 0.3) is 0 Å². The highest BCUT2D eigenvalue weighted by Crippen LogP contribution is 2.32. The van der Waals surface area contributed by atoms with E-state index in [0.29, 0.717) is 97.3 Å². The molecule has 2 aromatic carbocycles. The van der Waals surface area contributed by atoms with Gasteiger partial charge in [0.05, 0.1) is 83.4 Å². The number of rotatable bonds is 22. The molecule has 10 nitrogen and oxygen atoms in total. The fourth-order valence-corrected chi connectivity index (χ4v) is 3.55. The maximum absolute atomic E-state index is 6.07. The summed E-state index contributed by atoms with van der Waals surface area (Å²) in [7, 11) is 3.29. The van der Waals surface area contributed by atoms with E-state index in [1.807, 2.05) is 36.7 Å². The zero-order valence-corrected chi connectivity index (χ0v) is 22.5. The Bertz CT molecular complexity index is 1010. The molecule has 1 aromatic heterocycles. The minimum absolute atomic E-state index is 0.375. The van der Waals surface area contributed by atoms with Crippen LogP contribution in [0.5, 0.6) is 11.5 Å². The second kappa shape index (κ2) is 18.5. The van der Waals surface area contributed by atoms with Gasteiger partial charge in [-0.2, -0.15) is 0 Å². The van der Waals surface area contributed by atoms with E-state index in [-0.39, 0.29) is 0 Å². The topological polar surface area (TPSA) is 91.7 Å². The molecule has 1 heterocycles. The van der Waals surface area contributed by atoms with Crippen molar-refractivity contribution in [3.63, 3.8) is 0 Å². The fourth-order valence-electron chi connectivity index (χ4n) is 3.55. The first-order chi connectivity index (χ1) is 18.8. The molecule has 0 saturated carbocycles. The second-order valence-corrected chi connectivity index (χ2v) is 8.28. The molecule has 0 aliphatic carbocycles. The molecular weight excluding hydrogens is 492 g/mol. The molecule has 0 aliphatic rings. The third-order valence-corrected chi connectivity index (χ3v) is 5.46. The summed E-state index contributed by atoms with van der Waals surface area (Å²) in [5, 5.41) is 0. The zero-order chi connectivity index (χ0) is 26.7. The Morgan fingerprint density at radius 2 is 1.11 bits per heavy atom. The van der Waals surface area contributed by atoms with Crippen molar-refractivity contribution < 1.29 is 37.9 Å². The molecule has 38 heavy (non-hydrogen) atoms. The zero-order valence-electron chi connectivity index (χ0n) is 22.5. The normalized spacial score (nSPS) is 11.3. The lowest BCUT2D eigenvalue weighted by Gasteiger charge is -2.14. The van der Waals surface area contributed by atoms with Crippen LogP contribution in [0.25, 0.3) is 11.0 Å². The average molecular weight is 533 g/mol. The van der Waals surface area contributed by atoms with Gasteiger partial charge in [-0.3, -0.25) is 0 Å². The largest absolute Gasteiger partial charge is 0.487 e. The van der Waals surface area contributed by atoms with Gasteiger partial charge in [0.1, 0.15) is 13.2 Å². The van der Waals surface area contributed by atoms with Gasteiger partial charge in [-0.15, -0.1) is 0 Å². The molecule has 3 rings (SSSR count). The van der Waals surface area contributed by atoms with Crippen LogP contribution in [0.15, 0.2) is 48.8 Å². The van der Waals surface area contributed by atoms with E-state index >= 15 is 0 Å². The predicted octanol–water partition coefficient (Wildman–Crippen LogP) is 3.20. The number of ether oxygens (including phenoxy) is 8. The molecule has 0 N–H and O–H groups in total. The first-order valence-corrected chi connectivity index (χ1v) is 12.9. The number of aromatic nitrogens is 2. The summed E-state index contributed by atoms with van der Waals surface area (Å²) in [5.41, 5.74) is 2.99. The van der Waals surface area contributed by atoms with E-state index < -0.39 is 0 Å². The van der Waals surface area contributed by atoms with Gasteiger partial charge in [0.15, 0.2) is 11.5 Å². The lowest BCUT2D eigenvalue weighted by atomic mass is 10.2. The third-order valence-electron chi connectivity index (χ3n) is 5.46. The van der Waals surface area contributed by atoms with Crippen LogP contribution in [-0.4, -0.2) is 103 Å². The van der Waals surface area contributed by atoms with E-state index in [2.05, 4.69) is 21.7 Å². The van der Waals surface area contributed by atoms with E-state index in [4.69, 9.17) is 37.9 Å². The number of hydrogen-bond acceptors (Lipinski definition) is 9. The van der Waals surface area contributed by atoms with Crippen molar-refractivity contribution in [2.75, 3.05) is 93.5 Å². The van der Waals surface area contributed by atoms with E-state index in [1.54, 1.807) is 14.2 Å². The lowest BCUT2D eigenvalue weighted by molar-refractivity contribution is 0.0160. The molecule has 0 aliphatic heterocycles. The number of fused-ring (bicyclic) bond motifs is 1. The van der Waals surface area contributed by atoms with E-state index in [0.717, 1.165) is 11.0 Å². The third kappa shape index (κ3) is 10.9. The highest BCUT2D eigenvalue weighted by Gasteiger charge is 2.13. The van der Waals surface area contributed by atoms with Crippen molar-refractivity contribution in [3.8, 4) is 11.5 Å². The van der Waals surface area contributed by atoms with Crippen LogP contribution < -0.4 is 9.47 Å². The quantitative estimate of drug-likeness (QED) is 0.181. The number of imidazole rings is 1. The Labute approximate surface area is 224 Å². The summed E-state index contributed by atoms with van der Waals surface area (Å²) in [6.45, 7) is 6.59. The smallest absolute Gasteiger partial charge is 0.163 e. The predicted molar refractivity (Wildman–Crippen MR) is 143 cm³/mol. The van der Waals surface area contributed by atoms with Crippen LogP contribution >= 0.6 is 0 Å². The molecule has 210 valence electrons. The van der Waals surface area contributed by atoms with Gasteiger partial charge in [-0.05, 0) is 5.56 Å². The van der Waals surface area contributed by atoms with Crippen LogP contribution in [0, 0.1) is 0 Å². The van der Waals surface area contributed by atoms with Gasteiger partial charge >= 0.3 is 0 Å². The molecule has 10 heteroatoms. The van der Waals surface area contributed by atoms with Crippen LogP contribution in [0.1, 0.15) is 5.56 Å². The van der Waals surface area contributed by atoms with Crippen molar-refractivity contribution in [2.45, 2.75) is 6.54 Å². The molecule has 0 radical (unpaired) electrons. The molecular formula is C28H40N2O8. The van der Waals surface area contributed by atoms with Crippen molar-refractivity contribution in [3.05, 3.63) is 54.4 Å². The summed E-state index contributed by atoms with van der Waals surface area (Å²) in [4.78, 5) is 4.58. The van der Waals surface area contributed by atoms with Crippen LogP contribution in [0.3, 0.4) is 0 Å². The van der Waals surface area contributed by atoms with Gasteiger partial charge in [-0.25, -0.2) is 4.98 Å². The Hall–Kier alpha value is -2.73. The van der Waals surface area contributed by atoms with Crippen molar-refractivity contribution >= 4 is 11.0 Å². The minimum atomic E-state index is 0.375. The van der Waals surface area contributed by atoms with Gasteiger partial charge in [-0.1, -0.05) is 30.3 Å². The van der Waals surface area contributed by atoms with Gasteiger partial charge in [0, 0.05) is 32.9 Å². The van der Waals surface area contributed by atoms with Gasteiger partial charge < -0.3 is 42.5 Å². The molecule has 0 fully saturated rings.